The number of hydrogen-bond donors (Lipinski definition) is 3. The first-order valence-electron chi connectivity index (χ1n) is 9.08. The largest absolute Gasteiger partial charge is 0.480 e. The number of carbonyl (C=O) groups excluding carboxylic acids is 1. The van der Waals surface area contributed by atoms with Crippen LogP contribution in [0.25, 0.3) is 10.9 Å². The van der Waals surface area contributed by atoms with E-state index in [1.54, 1.807) is 19.9 Å². The predicted molar refractivity (Wildman–Crippen MR) is 108 cm³/mol. The van der Waals surface area contributed by atoms with Gasteiger partial charge in [0.2, 0.25) is 5.43 Å². The summed E-state index contributed by atoms with van der Waals surface area (Å²) in [7, 11) is 0. The molecule has 6 heteroatoms. The summed E-state index contributed by atoms with van der Waals surface area (Å²) in [5.74, 6) is -2.14. The number of aliphatic carboxylic acids is 1. The molecule has 1 amide bonds. The third-order valence-corrected chi connectivity index (χ3v) is 4.66. The SMILES string of the molecule is CC(C)C(NC(=O)c1c[nH]c2ccc(Cc3ccccc3)cc2c1=O)C(=O)O. The molecule has 1 aromatic heterocycles. The minimum Gasteiger partial charge on any atom is -0.480 e. The number of nitrogens with one attached hydrogen (secondary N) is 2. The maximum Gasteiger partial charge on any atom is 0.326 e. The highest BCUT2D eigenvalue weighted by atomic mass is 16.4. The summed E-state index contributed by atoms with van der Waals surface area (Å²) >= 11 is 0. The van der Waals surface area contributed by atoms with Crippen molar-refractivity contribution in [1.29, 1.82) is 0 Å². The van der Waals surface area contributed by atoms with Crippen LogP contribution in [-0.4, -0.2) is 28.0 Å². The maximum absolute atomic E-state index is 12.9. The van der Waals surface area contributed by atoms with Gasteiger partial charge in [0.05, 0.1) is 0 Å². The number of H-pyrrole nitrogens is 1. The van der Waals surface area contributed by atoms with E-state index < -0.39 is 23.3 Å². The van der Waals surface area contributed by atoms with Crippen LogP contribution < -0.4 is 10.7 Å². The van der Waals surface area contributed by atoms with Gasteiger partial charge in [0.15, 0.2) is 0 Å². The first kappa shape index (κ1) is 19.4. The van der Waals surface area contributed by atoms with Crippen LogP contribution in [0.3, 0.4) is 0 Å². The highest BCUT2D eigenvalue weighted by molar-refractivity contribution is 5.99. The molecule has 3 rings (SSSR count). The smallest absolute Gasteiger partial charge is 0.326 e. The topological polar surface area (TPSA) is 99.3 Å². The van der Waals surface area contributed by atoms with E-state index in [0.29, 0.717) is 17.3 Å². The highest BCUT2D eigenvalue weighted by Crippen LogP contribution is 2.15. The van der Waals surface area contributed by atoms with Crippen LogP contribution in [0.15, 0.2) is 59.5 Å². The van der Waals surface area contributed by atoms with E-state index in [9.17, 15) is 19.5 Å². The molecule has 0 aliphatic rings. The summed E-state index contributed by atoms with van der Waals surface area (Å²) in [6, 6.07) is 14.3. The van der Waals surface area contributed by atoms with Crippen molar-refractivity contribution in [1.82, 2.24) is 10.3 Å². The van der Waals surface area contributed by atoms with Crippen LogP contribution in [-0.2, 0) is 11.2 Å². The summed E-state index contributed by atoms with van der Waals surface area (Å²) in [6.45, 7) is 3.39. The minimum absolute atomic E-state index is 0.101. The molecular formula is C22H22N2O4. The molecule has 0 bridgehead atoms. The molecule has 0 radical (unpaired) electrons. The van der Waals surface area contributed by atoms with Crippen LogP contribution in [0.5, 0.6) is 0 Å². The van der Waals surface area contributed by atoms with E-state index in [4.69, 9.17) is 0 Å². The minimum atomic E-state index is -1.13. The number of carboxylic acids is 1. The number of amides is 1. The van der Waals surface area contributed by atoms with Gasteiger partial charge in [-0.3, -0.25) is 9.59 Å². The van der Waals surface area contributed by atoms with Gasteiger partial charge in [-0.15, -0.1) is 0 Å². The van der Waals surface area contributed by atoms with Crippen molar-refractivity contribution in [3.63, 3.8) is 0 Å². The average molecular weight is 378 g/mol. The van der Waals surface area contributed by atoms with Gasteiger partial charge in [0, 0.05) is 17.1 Å². The second-order valence-corrected chi connectivity index (χ2v) is 7.11. The molecule has 3 aromatic rings. The number of hydrogen-bond acceptors (Lipinski definition) is 3. The lowest BCUT2D eigenvalue weighted by atomic mass is 10.0. The Bertz CT molecular complexity index is 1070. The van der Waals surface area contributed by atoms with Gasteiger partial charge in [0.25, 0.3) is 5.91 Å². The van der Waals surface area contributed by atoms with Crippen molar-refractivity contribution in [3.8, 4) is 0 Å². The molecule has 0 saturated carbocycles. The Morgan fingerprint density at radius 1 is 1.07 bits per heavy atom. The Kier molecular flexibility index (Phi) is 5.59. The number of benzene rings is 2. The fourth-order valence-electron chi connectivity index (χ4n) is 3.11. The normalized spacial score (nSPS) is 12.1. The first-order chi connectivity index (χ1) is 13.4. The van der Waals surface area contributed by atoms with Crippen molar-refractivity contribution in [2.24, 2.45) is 5.92 Å². The zero-order chi connectivity index (χ0) is 20.3. The molecule has 0 aliphatic heterocycles. The standard InChI is InChI=1S/C22H22N2O4/c1-13(2)19(22(27)28)24-21(26)17-12-23-18-9-8-15(11-16(18)20(17)25)10-14-6-4-3-5-7-14/h3-9,11-13,19H,10H2,1-2H3,(H,23,25)(H,24,26)(H,27,28). The predicted octanol–water partition coefficient (Wildman–Crippen LogP) is 2.96. The molecule has 2 aromatic carbocycles. The molecule has 6 nitrogen and oxygen atoms in total. The Morgan fingerprint density at radius 3 is 2.43 bits per heavy atom. The van der Waals surface area contributed by atoms with E-state index >= 15 is 0 Å². The lowest BCUT2D eigenvalue weighted by Crippen LogP contribution is -2.45. The molecule has 0 saturated heterocycles. The van der Waals surface area contributed by atoms with Gasteiger partial charge >= 0.3 is 5.97 Å². The Morgan fingerprint density at radius 2 is 1.79 bits per heavy atom. The van der Waals surface area contributed by atoms with Crippen LogP contribution in [0.2, 0.25) is 0 Å². The molecule has 3 N–H and O–H groups in total. The number of carbonyl (C=O) groups is 2. The molecule has 0 aliphatic carbocycles. The Hall–Kier alpha value is -3.41. The fraction of sp³-hybridized carbons (Fsp3) is 0.227. The molecular weight excluding hydrogens is 356 g/mol. The molecule has 1 heterocycles. The Labute approximate surface area is 162 Å². The van der Waals surface area contributed by atoms with Crippen molar-refractivity contribution < 1.29 is 14.7 Å². The van der Waals surface area contributed by atoms with Gasteiger partial charge in [-0.05, 0) is 35.6 Å². The van der Waals surface area contributed by atoms with Gasteiger partial charge < -0.3 is 15.4 Å². The second kappa shape index (κ2) is 8.08. The third-order valence-electron chi connectivity index (χ3n) is 4.66. The second-order valence-electron chi connectivity index (χ2n) is 7.11. The van der Waals surface area contributed by atoms with Crippen LogP contribution in [0, 0.1) is 5.92 Å². The molecule has 1 atom stereocenters. The van der Waals surface area contributed by atoms with Crippen molar-refractivity contribution in [2.75, 3.05) is 0 Å². The molecule has 0 fully saturated rings. The number of fused-ring (bicyclic) bond motifs is 1. The van der Waals surface area contributed by atoms with E-state index in [0.717, 1.165) is 11.1 Å². The Balaban J connectivity index is 1.94. The van der Waals surface area contributed by atoms with Crippen LogP contribution in [0.4, 0.5) is 0 Å². The lowest BCUT2D eigenvalue weighted by Gasteiger charge is -2.17. The monoisotopic (exact) mass is 378 g/mol. The number of rotatable bonds is 6. The lowest BCUT2D eigenvalue weighted by molar-refractivity contribution is -0.140. The fourth-order valence-corrected chi connectivity index (χ4v) is 3.11. The molecule has 1 unspecified atom stereocenters. The van der Waals surface area contributed by atoms with Gasteiger partial charge in [0.1, 0.15) is 11.6 Å². The zero-order valence-electron chi connectivity index (χ0n) is 15.7. The maximum atomic E-state index is 12.9. The van der Waals surface area contributed by atoms with Gasteiger partial charge in [-0.1, -0.05) is 50.2 Å². The van der Waals surface area contributed by atoms with E-state index in [2.05, 4.69) is 10.3 Å². The zero-order valence-corrected chi connectivity index (χ0v) is 15.7. The third kappa shape index (κ3) is 4.11. The van der Waals surface area contributed by atoms with Crippen LogP contribution in [0.1, 0.15) is 35.3 Å². The molecule has 28 heavy (non-hydrogen) atoms. The number of aromatic amines is 1. The summed E-state index contributed by atoms with van der Waals surface area (Å²) in [5, 5.41) is 12.1. The van der Waals surface area contributed by atoms with E-state index in [1.807, 2.05) is 42.5 Å². The van der Waals surface area contributed by atoms with E-state index in [1.165, 1.54) is 6.20 Å². The first-order valence-corrected chi connectivity index (χ1v) is 9.08. The average Bonchev–Trinajstić information content (AvgIpc) is 2.67. The van der Waals surface area contributed by atoms with Crippen molar-refractivity contribution in [3.05, 3.63) is 81.6 Å². The molecule has 144 valence electrons. The van der Waals surface area contributed by atoms with E-state index in [-0.39, 0.29) is 11.5 Å². The van der Waals surface area contributed by atoms with Crippen LogP contribution >= 0.6 is 0 Å². The summed E-state index contributed by atoms with van der Waals surface area (Å²) < 4.78 is 0. The molecule has 0 spiro atoms. The number of carboxylic acid groups (broad SMARTS) is 1. The van der Waals surface area contributed by atoms with Crippen molar-refractivity contribution in [2.45, 2.75) is 26.3 Å². The highest BCUT2D eigenvalue weighted by Gasteiger charge is 2.25. The van der Waals surface area contributed by atoms with Crippen molar-refractivity contribution >= 4 is 22.8 Å². The number of aromatic nitrogens is 1. The summed E-state index contributed by atoms with van der Waals surface area (Å²) in [6.07, 6.45) is 2.00. The summed E-state index contributed by atoms with van der Waals surface area (Å²) in [4.78, 5) is 39.7. The number of pyridine rings is 1. The quantitative estimate of drug-likeness (QED) is 0.614. The van der Waals surface area contributed by atoms with Gasteiger partial charge in [-0.2, -0.15) is 0 Å². The van der Waals surface area contributed by atoms with Gasteiger partial charge in [-0.25, -0.2) is 4.79 Å². The summed E-state index contributed by atoms with van der Waals surface area (Å²) in [5.41, 5.74) is 2.17.